The van der Waals surface area contributed by atoms with E-state index in [1.165, 1.54) is 6.42 Å². The summed E-state index contributed by atoms with van der Waals surface area (Å²) in [6, 6.07) is 0. The van der Waals surface area contributed by atoms with Gasteiger partial charge in [-0.05, 0) is 51.1 Å². The molecule has 0 bridgehead atoms. The Kier molecular flexibility index (Phi) is 4.75. The van der Waals surface area contributed by atoms with Gasteiger partial charge in [0.05, 0.1) is 13.2 Å². The molecule has 2 rings (SSSR count). The molecule has 1 aliphatic rings. The molecule has 7 heteroatoms. The van der Waals surface area contributed by atoms with E-state index in [1.807, 2.05) is 0 Å². The van der Waals surface area contributed by atoms with Crippen molar-refractivity contribution in [1.82, 2.24) is 14.8 Å². The van der Waals surface area contributed by atoms with E-state index < -0.39 is 0 Å². The lowest BCUT2D eigenvalue weighted by molar-refractivity contribution is -0.163. The predicted molar refractivity (Wildman–Crippen MR) is 65.0 cm³/mol. The van der Waals surface area contributed by atoms with Crippen molar-refractivity contribution < 1.29 is 9.47 Å². The smallest absolute Gasteiger partial charge is 0.218 e. The van der Waals surface area contributed by atoms with Crippen molar-refractivity contribution in [2.24, 2.45) is 0 Å². The third-order valence-electron chi connectivity index (χ3n) is 2.35. The number of rotatable bonds is 4. The van der Waals surface area contributed by atoms with Gasteiger partial charge in [0.25, 0.3) is 0 Å². The van der Waals surface area contributed by atoms with E-state index in [-0.39, 0.29) is 6.29 Å². The van der Waals surface area contributed by atoms with E-state index in [4.69, 9.17) is 9.47 Å². The van der Waals surface area contributed by atoms with Crippen LogP contribution in [-0.2, 0) is 16.0 Å². The van der Waals surface area contributed by atoms with Gasteiger partial charge >= 0.3 is 0 Å². The zero-order valence-corrected chi connectivity index (χ0v) is 11.9. The Morgan fingerprint density at radius 3 is 2.94 bits per heavy atom. The highest BCUT2D eigenvalue weighted by molar-refractivity contribution is 9.11. The molecule has 0 aliphatic carbocycles. The summed E-state index contributed by atoms with van der Waals surface area (Å²) in [5, 5.41) is 4.15. The number of halogens is 2. The van der Waals surface area contributed by atoms with Gasteiger partial charge in [0.15, 0.2) is 11.0 Å². The van der Waals surface area contributed by atoms with Gasteiger partial charge in [0.1, 0.15) is 0 Å². The standard InChI is InChI=1S/C9H13Br2N3O2/c10-8-12-9(11)14(13-8)4-6-16-7-3-1-2-5-15-7/h7H,1-6H2. The van der Waals surface area contributed by atoms with E-state index >= 15 is 0 Å². The highest BCUT2D eigenvalue weighted by Gasteiger charge is 2.14. The normalized spacial score (nSPS) is 21.2. The summed E-state index contributed by atoms with van der Waals surface area (Å²) in [6.45, 7) is 2.06. The molecular weight excluding hydrogens is 342 g/mol. The molecule has 1 fully saturated rings. The summed E-state index contributed by atoms with van der Waals surface area (Å²) in [4.78, 5) is 4.07. The molecule has 1 unspecified atom stereocenters. The molecule has 90 valence electrons. The van der Waals surface area contributed by atoms with Gasteiger partial charge in [-0.3, -0.25) is 0 Å². The SMILES string of the molecule is Brc1nc(Br)n(CCOC2CCCCO2)n1. The summed E-state index contributed by atoms with van der Waals surface area (Å²) in [7, 11) is 0. The molecule has 0 amide bonds. The molecule has 1 aliphatic heterocycles. The Morgan fingerprint density at radius 1 is 1.44 bits per heavy atom. The second kappa shape index (κ2) is 6.09. The minimum atomic E-state index is -0.0421. The zero-order valence-electron chi connectivity index (χ0n) is 8.73. The second-order valence-corrected chi connectivity index (χ2v) is 4.96. The van der Waals surface area contributed by atoms with Crippen LogP contribution >= 0.6 is 31.9 Å². The molecular formula is C9H13Br2N3O2. The second-order valence-electron chi connectivity index (χ2n) is 3.54. The number of aromatic nitrogens is 3. The Hall–Kier alpha value is 0.0200. The summed E-state index contributed by atoms with van der Waals surface area (Å²) >= 11 is 6.53. The van der Waals surface area contributed by atoms with Crippen LogP contribution in [-0.4, -0.2) is 34.3 Å². The van der Waals surface area contributed by atoms with Crippen LogP contribution in [0, 0.1) is 0 Å². The maximum Gasteiger partial charge on any atom is 0.218 e. The largest absolute Gasteiger partial charge is 0.353 e. The Morgan fingerprint density at radius 2 is 2.31 bits per heavy atom. The molecule has 1 aromatic rings. The van der Waals surface area contributed by atoms with E-state index in [0.717, 1.165) is 19.4 Å². The Bertz CT molecular complexity index is 339. The zero-order chi connectivity index (χ0) is 11.4. The van der Waals surface area contributed by atoms with Crippen LogP contribution in [0.2, 0.25) is 0 Å². The number of hydrogen-bond donors (Lipinski definition) is 0. The van der Waals surface area contributed by atoms with Gasteiger partial charge in [-0.25, -0.2) is 4.68 Å². The molecule has 5 nitrogen and oxygen atoms in total. The fourth-order valence-electron chi connectivity index (χ4n) is 1.55. The van der Waals surface area contributed by atoms with E-state index in [9.17, 15) is 0 Å². The molecule has 0 aromatic carbocycles. The topological polar surface area (TPSA) is 49.2 Å². The van der Waals surface area contributed by atoms with Gasteiger partial charge in [-0.15, -0.1) is 5.10 Å². The maximum absolute atomic E-state index is 5.60. The lowest BCUT2D eigenvalue weighted by Gasteiger charge is -2.22. The number of hydrogen-bond acceptors (Lipinski definition) is 4. The lowest BCUT2D eigenvalue weighted by atomic mass is 10.2. The van der Waals surface area contributed by atoms with Gasteiger partial charge in [0.2, 0.25) is 4.73 Å². The molecule has 0 radical (unpaired) electrons. The average molecular weight is 355 g/mol. The summed E-state index contributed by atoms with van der Waals surface area (Å²) in [5.74, 6) is 0. The summed E-state index contributed by atoms with van der Waals surface area (Å²) in [5.41, 5.74) is 0. The van der Waals surface area contributed by atoms with E-state index in [0.29, 0.717) is 22.6 Å². The van der Waals surface area contributed by atoms with Crippen LogP contribution < -0.4 is 0 Å². The summed E-state index contributed by atoms with van der Waals surface area (Å²) < 4.78 is 14.1. The predicted octanol–water partition coefficient (Wildman–Crippen LogP) is 2.35. The van der Waals surface area contributed by atoms with Crippen LogP contribution in [0.4, 0.5) is 0 Å². The first-order valence-corrected chi connectivity index (χ1v) is 6.83. The van der Waals surface area contributed by atoms with Crippen molar-refractivity contribution in [2.45, 2.75) is 32.1 Å². The quantitative estimate of drug-likeness (QED) is 0.832. The summed E-state index contributed by atoms with van der Waals surface area (Å²) in [6.07, 6.45) is 3.27. The van der Waals surface area contributed by atoms with Crippen LogP contribution in [0.15, 0.2) is 9.47 Å². The molecule has 0 N–H and O–H groups in total. The van der Waals surface area contributed by atoms with Crippen molar-refractivity contribution in [1.29, 1.82) is 0 Å². The van der Waals surface area contributed by atoms with Crippen molar-refractivity contribution in [3.8, 4) is 0 Å². The first-order valence-electron chi connectivity index (χ1n) is 5.25. The monoisotopic (exact) mass is 353 g/mol. The average Bonchev–Trinajstić information content (AvgIpc) is 2.59. The molecule has 0 saturated carbocycles. The van der Waals surface area contributed by atoms with Gasteiger partial charge < -0.3 is 9.47 Å². The Labute approximate surface area is 111 Å². The number of ether oxygens (including phenoxy) is 2. The van der Waals surface area contributed by atoms with Crippen molar-refractivity contribution in [2.75, 3.05) is 13.2 Å². The first kappa shape index (κ1) is 12.5. The third kappa shape index (κ3) is 3.51. The van der Waals surface area contributed by atoms with Crippen molar-refractivity contribution in [3.05, 3.63) is 9.47 Å². The molecule has 2 heterocycles. The van der Waals surface area contributed by atoms with Gasteiger partial charge in [0, 0.05) is 6.61 Å². The fourth-order valence-corrected chi connectivity index (χ4v) is 2.57. The molecule has 0 spiro atoms. The maximum atomic E-state index is 5.60. The molecule has 16 heavy (non-hydrogen) atoms. The third-order valence-corrected chi connectivity index (χ3v) is 3.27. The van der Waals surface area contributed by atoms with Gasteiger partial charge in [-0.2, -0.15) is 4.98 Å². The molecule has 1 aromatic heterocycles. The van der Waals surface area contributed by atoms with Crippen LogP contribution in [0.25, 0.3) is 0 Å². The highest BCUT2D eigenvalue weighted by Crippen LogP contribution is 2.14. The molecule has 1 atom stereocenters. The van der Waals surface area contributed by atoms with Crippen LogP contribution in [0.5, 0.6) is 0 Å². The fraction of sp³-hybridized carbons (Fsp3) is 0.778. The Balaban J connectivity index is 1.73. The van der Waals surface area contributed by atoms with Gasteiger partial charge in [-0.1, -0.05) is 0 Å². The van der Waals surface area contributed by atoms with Crippen LogP contribution in [0.3, 0.4) is 0 Å². The minimum absolute atomic E-state index is 0.0421. The minimum Gasteiger partial charge on any atom is -0.353 e. The lowest BCUT2D eigenvalue weighted by Crippen LogP contribution is -2.24. The van der Waals surface area contributed by atoms with Crippen molar-refractivity contribution >= 4 is 31.9 Å². The number of nitrogens with zero attached hydrogens (tertiary/aromatic N) is 3. The van der Waals surface area contributed by atoms with E-state index in [2.05, 4.69) is 41.9 Å². The highest BCUT2D eigenvalue weighted by atomic mass is 79.9. The van der Waals surface area contributed by atoms with E-state index in [1.54, 1.807) is 4.68 Å². The van der Waals surface area contributed by atoms with Crippen LogP contribution in [0.1, 0.15) is 19.3 Å². The first-order chi connectivity index (χ1) is 7.75. The molecule has 1 saturated heterocycles. The van der Waals surface area contributed by atoms with Crippen molar-refractivity contribution in [3.63, 3.8) is 0 Å².